The van der Waals surface area contributed by atoms with Gasteiger partial charge < -0.3 is 16.0 Å². The van der Waals surface area contributed by atoms with Crippen molar-refractivity contribution in [1.29, 1.82) is 0 Å². The van der Waals surface area contributed by atoms with Gasteiger partial charge in [-0.25, -0.2) is 0 Å². The van der Waals surface area contributed by atoms with E-state index in [0.717, 1.165) is 30.9 Å². The zero-order valence-electron chi connectivity index (χ0n) is 12.4. The average Bonchev–Trinajstić information content (AvgIpc) is 2.55. The number of nitrogens with zero attached hydrogens (tertiary/aromatic N) is 1. The normalized spacial score (nSPS) is 18.0. The summed E-state index contributed by atoms with van der Waals surface area (Å²) in [5, 5.41) is 4.65. The van der Waals surface area contributed by atoms with Gasteiger partial charge in [0.25, 0.3) is 0 Å². The van der Waals surface area contributed by atoms with Gasteiger partial charge in [-0.1, -0.05) is 35.3 Å². The van der Waals surface area contributed by atoms with E-state index in [9.17, 15) is 4.79 Å². The minimum absolute atomic E-state index is 0.151. The lowest BCUT2D eigenvalue weighted by atomic mass is 10.0. The van der Waals surface area contributed by atoms with Gasteiger partial charge in [0.2, 0.25) is 5.91 Å². The molecule has 0 bridgehead atoms. The van der Waals surface area contributed by atoms with E-state index in [1.807, 2.05) is 30.3 Å². The summed E-state index contributed by atoms with van der Waals surface area (Å²) in [7, 11) is 0. The van der Waals surface area contributed by atoms with Crippen LogP contribution in [0.2, 0.25) is 10.0 Å². The number of halogens is 2. The highest BCUT2D eigenvalue weighted by Gasteiger charge is 2.25. The topological polar surface area (TPSA) is 58.4 Å². The van der Waals surface area contributed by atoms with Crippen molar-refractivity contribution in [2.75, 3.05) is 24.5 Å². The molecule has 1 heterocycles. The minimum Gasteiger partial charge on any atom is -0.366 e. The van der Waals surface area contributed by atoms with Crippen molar-refractivity contribution in [1.82, 2.24) is 5.32 Å². The molecule has 6 heteroatoms. The van der Waals surface area contributed by atoms with Crippen molar-refractivity contribution in [3.63, 3.8) is 0 Å². The molecular weight excluding hydrogens is 333 g/mol. The van der Waals surface area contributed by atoms with E-state index in [0.29, 0.717) is 15.6 Å². The molecule has 0 spiro atoms. The Bertz CT molecular complexity index is 718. The van der Waals surface area contributed by atoms with Crippen molar-refractivity contribution >= 4 is 34.8 Å². The average molecular weight is 350 g/mol. The van der Waals surface area contributed by atoms with E-state index in [1.165, 1.54) is 0 Å². The first kappa shape index (κ1) is 16.1. The quantitative estimate of drug-likeness (QED) is 0.894. The van der Waals surface area contributed by atoms with Crippen LogP contribution in [0.3, 0.4) is 0 Å². The second-order valence-corrected chi connectivity index (χ2v) is 6.34. The highest BCUT2D eigenvalue weighted by atomic mass is 35.5. The van der Waals surface area contributed by atoms with Crippen LogP contribution in [0.25, 0.3) is 0 Å². The summed E-state index contributed by atoms with van der Waals surface area (Å²) in [4.78, 5) is 13.5. The molecule has 3 rings (SSSR count). The number of carbonyl (C=O) groups excluding carboxylic acids is 1. The lowest BCUT2D eigenvalue weighted by Gasteiger charge is -2.39. The number of nitrogens with one attached hydrogen (secondary N) is 1. The standard InChI is InChI=1S/C17H17Cl2N3O/c18-13-4-1-11(2-5-13)16-10-21-7-8-22(16)15-6-3-12(17(20)23)9-14(15)19/h1-6,9,16,21H,7-8,10H2,(H2,20,23). The Labute approximate surface area is 145 Å². The van der Waals surface area contributed by atoms with Crippen LogP contribution in [0, 0.1) is 0 Å². The summed E-state index contributed by atoms with van der Waals surface area (Å²) < 4.78 is 0. The van der Waals surface area contributed by atoms with Gasteiger partial charge in [0.15, 0.2) is 0 Å². The van der Waals surface area contributed by atoms with E-state index in [4.69, 9.17) is 28.9 Å². The molecule has 120 valence electrons. The summed E-state index contributed by atoms with van der Waals surface area (Å²) >= 11 is 12.4. The number of nitrogens with two attached hydrogens (primary N) is 1. The second-order valence-electron chi connectivity index (χ2n) is 5.50. The minimum atomic E-state index is -0.479. The monoisotopic (exact) mass is 349 g/mol. The summed E-state index contributed by atoms with van der Waals surface area (Å²) in [6.45, 7) is 2.51. The first-order valence-corrected chi connectivity index (χ1v) is 8.14. The van der Waals surface area contributed by atoms with Crippen LogP contribution in [0.4, 0.5) is 5.69 Å². The molecule has 3 N–H and O–H groups in total. The molecule has 0 aliphatic carbocycles. The lowest BCUT2D eigenvalue weighted by Crippen LogP contribution is -2.46. The van der Waals surface area contributed by atoms with Crippen LogP contribution in [0.15, 0.2) is 42.5 Å². The fourth-order valence-electron chi connectivity index (χ4n) is 2.87. The Morgan fingerprint density at radius 1 is 1.17 bits per heavy atom. The maximum atomic E-state index is 11.3. The number of carbonyl (C=O) groups is 1. The summed E-state index contributed by atoms with van der Waals surface area (Å²) in [6.07, 6.45) is 0. The van der Waals surface area contributed by atoms with E-state index in [2.05, 4.69) is 10.2 Å². The number of hydrogen-bond donors (Lipinski definition) is 2. The van der Waals surface area contributed by atoms with Gasteiger partial charge in [-0.15, -0.1) is 0 Å². The Kier molecular flexibility index (Phi) is 4.76. The molecule has 1 aliphatic rings. The zero-order chi connectivity index (χ0) is 16.4. The SMILES string of the molecule is NC(=O)c1ccc(N2CCNCC2c2ccc(Cl)cc2)c(Cl)c1. The van der Waals surface area contributed by atoms with Gasteiger partial charge in [0, 0.05) is 30.2 Å². The molecule has 1 aliphatic heterocycles. The van der Waals surface area contributed by atoms with Crippen LogP contribution >= 0.6 is 23.2 Å². The number of amides is 1. The predicted molar refractivity (Wildman–Crippen MR) is 94.4 cm³/mol. The maximum absolute atomic E-state index is 11.3. The molecule has 1 amide bonds. The van der Waals surface area contributed by atoms with Gasteiger partial charge in [0.1, 0.15) is 0 Å². The van der Waals surface area contributed by atoms with Gasteiger partial charge >= 0.3 is 0 Å². The van der Waals surface area contributed by atoms with Crippen molar-refractivity contribution in [3.05, 3.63) is 63.6 Å². The van der Waals surface area contributed by atoms with Crippen molar-refractivity contribution in [2.24, 2.45) is 5.73 Å². The highest BCUT2D eigenvalue weighted by Crippen LogP contribution is 2.34. The van der Waals surface area contributed by atoms with E-state index < -0.39 is 5.91 Å². The lowest BCUT2D eigenvalue weighted by molar-refractivity contribution is 0.100. The molecule has 2 aromatic rings. The van der Waals surface area contributed by atoms with E-state index >= 15 is 0 Å². The maximum Gasteiger partial charge on any atom is 0.248 e. The van der Waals surface area contributed by atoms with Crippen molar-refractivity contribution < 1.29 is 4.79 Å². The van der Waals surface area contributed by atoms with Crippen molar-refractivity contribution in [2.45, 2.75) is 6.04 Å². The van der Waals surface area contributed by atoms with Crippen LogP contribution in [0.5, 0.6) is 0 Å². The number of hydrogen-bond acceptors (Lipinski definition) is 3. The molecular formula is C17H17Cl2N3O. The molecule has 1 unspecified atom stereocenters. The molecule has 1 saturated heterocycles. The van der Waals surface area contributed by atoms with Gasteiger partial charge in [0.05, 0.1) is 16.8 Å². The van der Waals surface area contributed by atoms with Crippen LogP contribution in [-0.2, 0) is 0 Å². The first-order valence-electron chi connectivity index (χ1n) is 7.38. The molecule has 0 aromatic heterocycles. The summed E-state index contributed by atoms with van der Waals surface area (Å²) in [5.41, 5.74) is 7.79. The molecule has 1 fully saturated rings. The first-order chi connectivity index (χ1) is 11.1. The van der Waals surface area contributed by atoms with Crippen molar-refractivity contribution in [3.8, 4) is 0 Å². The largest absolute Gasteiger partial charge is 0.366 e. The Hall–Kier alpha value is -1.75. The second kappa shape index (κ2) is 6.79. The molecule has 2 aromatic carbocycles. The predicted octanol–water partition coefficient (Wildman–Crippen LogP) is 3.24. The van der Waals surface area contributed by atoms with Gasteiger partial charge in [-0.05, 0) is 35.9 Å². The summed E-state index contributed by atoms with van der Waals surface area (Å²) in [5.74, 6) is -0.479. The molecule has 1 atom stereocenters. The van der Waals surface area contributed by atoms with E-state index in [1.54, 1.807) is 12.1 Å². The fourth-order valence-corrected chi connectivity index (χ4v) is 3.28. The molecule has 23 heavy (non-hydrogen) atoms. The summed E-state index contributed by atoms with van der Waals surface area (Å²) in [6, 6.07) is 13.2. The fraction of sp³-hybridized carbons (Fsp3) is 0.235. The smallest absolute Gasteiger partial charge is 0.248 e. The number of piperazine rings is 1. The molecule has 0 radical (unpaired) electrons. The molecule has 0 saturated carbocycles. The van der Waals surface area contributed by atoms with Crippen LogP contribution in [0.1, 0.15) is 22.0 Å². The van der Waals surface area contributed by atoms with Crippen LogP contribution in [-0.4, -0.2) is 25.5 Å². The third-order valence-corrected chi connectivity index (χ3v) is 4.59. The number of primary amides is 1. The third-order valence-electron chi connectivity index (χ3n) is 4.04. The number of rotatable bonds is 3. The number of anilines is 1. The Morgan fingerprint density at radius 3 is 2.57 bits per heavy atom. The van der Waals surface area contributed by atoms with E-state index in [-0.39, 0.29) is 6.04 Å². The molecule has 4 nitrogen and oxygen atoms in total. The van der Waals surface area contributed by atoms with Gasteiger partial charge in [-0.2, -0.15) is 0 Å². The zero-order valence-corrected chi connectivity index (χ0v) is 13.9. The third kappa shape index (κ3) is 3.44. The Morgan fingerprint density at radius 2 is 1.91 bits per heavy atom. The Balaban J connectivity index is 1.95. The highest BCUT2D eigenvalue weighted by molar-refractivity contribution is 6.33. The number of benzene rings is 2. The van der Waals surface area contributed by atoms with Crippen LogP contribution < -0.4 is 16.0 Å². The van der Waals surface area contributed by atoms with Gasteiger partial charge in [-0.3, -0.25) is 4.79 Å².